The molecule has 3 aromatic rings. The second-order valence-corrected chi connectivity index (χ2v) is 14.4. The monoisotopic (exact) mass is 563 g/mol. The summed E-state index contributed by atoms with van der Waals surface area (Å²) >= 11 is 13.7. The van der Waals surface area contributed by atoms with Crippen molar-refractivity contribution in [2.75, 3.05) is 4.90 Å². The van der Waals surface area contributed by atoms with Crippen LogP contribution in [0.25, 0.3) is 0 Å². The van der Waals surface area contributed by atoms with E-state index in [4.69, 9.17) is 23.2 Å². The van der Waals surface area contributed by atoms with Crippen LogP contribution in [0.5, 0.6) is 0 Å². The third-order valence-corrected chi connectivity index (χ3v) is 9.90. The average molecular weight is 565 g/mol. The number of anilines is 3. The van der Waals surface area contributed by atoms with E-state index >= 15 is 0 Å². The number of rotatable bonds is 8. The smallest absolute Gasteiger partial charge is 0.0832 e. The van der Waals surface area contributed by atoms with E-state index in [1.165, 1.54) is 54.4 Å². The molecule has 0 atom stereocenters. The highest BCUT2D eigenvalue weighted by Gasteiger charge is 2.37. The summed E-state index contributed by atoms with van der Waals surface area (Å²) in [4.78, 5) is 2.33. The molecule has 0 aromatic heterocycles. The van der Waals surface area contributed by atoms with Gasteiger partial charge in [-0.1, -0.05) is 104 Å². The molecule has 0 N–H and O–H groups in total. The summed E-state index contributed by atoms with van der Waals surface area (Å²) in [6.07, 6.45) is 6.98. The quantitative estimate of drug-likeness (QED) is 0.263. The molecule has 0 heterocycles. The van der Waals surface area contributed by atoms with Gasteiger partial charge in [-0.15, -0.1) is 0 Å². The van der Waals surface area contributed by atoms with Crippen LogP contribution in [0.4, 0.5) is 17.1 Å². The Labute approximate surface area is 247 Å². The highest BCUT2D eigenvalue weighted by molar-refractivity contribution is 6.44. The molecule has 3 aromatic carbocycles. The molecule has 0 saturated carbocycles. The molecule has 39 heavy (non-hydrogen) atoms. The van der Waals surface area contributed by atoms with E-state index < -0.39 is 0 Å². The van der Waals surface area contributed by atoms with Crippen LogP contribution < -0.4 is 4.90 Å². The van der Waals surface area contributed by atoms with Crippen molar-refractivity contribution in [3.05, 3.63) is 86.4 Å². The molecule has 0 aliphatic heterocycles. The Bertz CT molecular complexity index is 1350. The van der Waals surface area contributed by atoms with E-state index in [2.05, 4.69) is 110 Å². The lowest BCUT2D eigenvalue weighted by Crippen LogP contribution is -2.34. The summed E-state index contributed by atoms with van der Waals surface area (Å²) in [5.74, 6) is 0. The zero-order valence-corrected chi connectivity index (χ0v) is 27.1. The third-order valence-electron chi connectivity index (χ3n) is 9.11. The van der Waals surface area contributed by atoms with Gasteiger partial charge in [-0.3, -0.25) is 0 Å². The molecule has 0 saturated heterocycles. The van der Waals surface area contributed by atoms with Gasteiger partial charge in [0.15, 0.2) is 0 Å². The lowest BCUT2D eigenvalue weighted by molar-refractivity contribution is 0.332. The average Bonchev–Trinajstić information content (AvgIpc) is 2.88. The Hall–Kier alpha value is -1.96. The predicted octanol–water partition coefficient (Wildman–Crippen LogP) is 12.2. The Morgan fingerprint density at radius 2 is 1.44 bits per heavy atom. The second kappa shape index (κ2) is 11.1. The molecule has 4 rings (SSSR count). The Kier molecular flexibility index (Phi) is 8.57. The van der Waals surface area contributed by atoms with Gasteiger partial charge in [0, 0.05) is 11.4 Å². The fourth-order valence-electron chi connectivity index (χ4n) is 6.41. The van der Waals surface area contributed by atoms with E-state index in [1.54, 1.807) is 0 Å². The molecule has 1 aliphatic carbocycles. The van der Waals surface area contributed by atoms with Gasteiger partial charge < -0.3 is 4.90 Å². The minimum absolute atomic E-state index is 0.0823. The van der Waals surface area contributed by atoms with Crippen LogP contribution in [-0.2, 0) is 22.7 Å². The zero-order valence-electron chi connectivity index (χ0n) is 25.6. The lowest BCUT2D eigenvalue weighted by Gasteiger charge is -2.42. The largest absolute Gasteiger partial charge is 0.309 e. The van der Waals surface area contributed by atoms with E-state index in [0.717, 1.165) is 29.0 Å². The molecule has 0 bridgehead atoms. The van der Waals surface area contributed by atoms with E-state index in [0.29, 0.717) is 10.0 Å². The van der Waals surface area contributed by atoms with Gasteiger partial charge in [0.2, 0.25) is 0 Å². The summed E-state index contributed by atoms with van der Waals surface area (Å²) < 4.78 is 0. The summed E-state index contributed by atoms with van der Waals surface area (Å²) in [5.41, 5.74) is 10.4. The van der Waals surface area contributed by atoms with Crippen LogP contribution in [0.15, 0.2) is 48.5 Å². The topological polar surface area (TPSA) is 3.24 Å². The second-order valence-electron chi connectivity index (χ2n) is 13.6. The standard InChI is InChI=1S/C36H47Cl2N/c1-10-12-17-34(4,5)29-22-26(14-13-25(29)11-2)39(32-21-24(3)20-31(37)33(32)38)27-15-16-28-30(23-27)36(8,9)19-18-35(28,6)7/h13-16,20-23H,10-12,17-19H2,1-9H3. The summed E-state index contributed by atoms with van der Waals surface area (Å²) in [7, 11) is 0. The normalized spacial score (nSPS) is 16.2. The van der Waals surface area contributed by atoms with Gasteiger partial charge in [-0.2, -0.15) is 0 Å². The first-order chi connectivity index (χ1) is 18.2. The lowest BCUT2D eigenvalue weighted by atomic mass is 9.63. The van der Waals surface area contributed by atoms with Crippen LogP contribution in [0, 0.1) is 6.92 Å². The minimum atomic E-state index is 0.0823. The number of benzene rings is 3. The Balaban J connectivity index is 1.99. The van der Waals surface area contributed by atoms with Gasteiger partial charge in [-0.25, -0.2) is 0 Å². The zero-order chi connectivity index (χ0) is 28.8. The fourth-order valence-corrected chi connectivity index (χ4v) is 6.87. The predicted molar refractivity (Wildman–Crippen MR) is 173 cm³/mol. The summed E-state index contributed by atoms with van der Waals surface area (Å²) in [6, 6.07) is 18.2. The number of hydrogen-bond acceptors (Lipinski definition) is 1. The molecule has 0 unspecified atom stereocenters. The molecule has 210 valence electrons. The first-order valence-electron chi connectivity index (χ1n) is 14.8. The van der Waals surface area contributed by atoms with E-state index in [9.17, 15) is 0 Å². The van der Waals surface area contributed by atoms with Crippen molar-refractivity contribution in [1.82, 2.24) is 0 Å². The van der Waals surface area contributed by atoms with Gasteiger partial charge in [0.1, 0.15) is 0 Å². The molecule has 1 nitrogen and oxygen atoms in total. The molecule has 0 spiro atoms. The van der Waals surface area contributed by atoms with Crippen LogP contribution in [0.3, 0.4) is 0 Å². The van der Waals surface area contributed by atoms with Crippen molar-refractivity contribution in [3.63, 3.8) is 0 Å². The SMILES string of the molecule is CCCCC(C)(C)c1cc(N(c2ccc3c(c2)C(C)(C)CCC3(C)C)c2cc(C)cc(Cl)c2Cl)ccc1CC. The van der Waals surface area contributed by atoms with Gasteiger partial charge in [0.05, 0.1) is 15.7 Å². The first-order valence-corrected chi connectivity index (χ1v) is 15.5. The number of hydrogen-bond donors (Lipinski definition) is 0. The number of fused-ring (bicyclic) bond motifs is 1. The highest BCUT2D eigenvalue weighted by atomic mass is 35.5. The van der Waals surface area contributed by atoms with Crippen LogP contribution in [0.2, 0.25) is 10.0 Å². The molecule has 3 heteroatoms. The fraction of sp³-hybridized carbons (Fsp3) is 0.500. The number of nitrogens with zero attached hydrogens (tertiary/aromatic N) is 1. The first kappa shape index (κ1) is 30.0. The van der Waals surface area contributed by atoms with Crippen LogP contribution >= 0.6 is 23.2 Å². The third kappa shape index (κ3) is 5.91. The van der Waals surface area contributed by atoms with E-state index in [1.807, 2.05) is 6.07 Å². The van der Waals surface area contributed by atoms with Crippen molar-refractivity contribution in [1.29, 1.82) is 0 Å². The highest BCUT2D eigenvalue weighted by Crippen LogP contribution is 2.50. The van der Waals surface area contributed by atoms with Crippen LogP contribution in [-0.4, -0.2) is 0 Å². The number of unbranched alkanes of at least 4 members (excludes halogenated alkanes) is 1. The van der Waals surface area contributed by atoms with Crippen molar-refractivity contribution >= 4 is 40.3 Å². The van der Waals surface area contributed by atoms with Crippen molar-refractivity contribution in [2.24, 2.45) is 0 Å². The summed E-state index contributed by atoms with van der Waals surface area (Å²) in [5, 5.41) is 1.18. The molecular weight excluding hydrogens is 517 g/mol. The maximum absolute atomic E-state index is 6.99. The van der Waals surface area contributed by atoms with Gasteiger partial charge in [-0.05, 0) is 113 Å². The molecule has 1 aliphatic rings. The Morgan fingerprint density at radius 1 is 0.821 bits per heavy atom. The molecule has 0 amide bonds. The summed E-state index contributed by atoms with van der Waals surface area (Å²) in [6.45, 7) is 20.9. The molecule has 0 radical (unpaired) electrons. The van der Waals surface area contributed by atoms with Crippen molar-refractivity contribution in [3.8, 4) is 0 Å². The molecular formula is C36H47Cl2N. The van der Waals surface area contributed by atoms with Gasteiger partial charge >= 0.3 is 0 Å². The number of aryl methyl sites for hydroxylation is 2. The molecule has 0 fully saturated rings. The van der Waals surface area contributed by atoms with Crippen molar-refractivity contribution in [2.45, 2.75) is 117 Å². The minimum Gasteiger partial charge on any atom is -0.309 e. The van der Waals surface area contributed by atoms with Crippen LogP contribution in [0.1, 0.15) is 115 Å². The van der Waals surface area contributed by atoms with Crippen molar-refractivity contribution < 1.29 is 0 Å². The number of halogens is 2. The van der Waals surface area contributed by atoms with E-state index in [-0.39, 0.29) is 16.2 Å². The Morgan fingerprint density at radius 3 is 2.08 bits per heavy atom. The maximum atomic E-state index is 6.99. The maximum Gasteiger partial charge on any atom is 0.0832 e. The van der Waals surface area contributed by atoms with Gasteiger partial charge in [0.25, 0.3) is 0 Å².